The molecule has 0 bridgehead atoms. The molecule has 0 saturated heterocycles. The summed E-state index contributed by atoms with van der Waals surface area (Å²) in [4.78, 5) is 16.7. The Hall–Kier alpha value is -1.62. The number of aromatic nitrogens is 1. The fourth-order valence-corrected chi connectivity index (χ4v) is 2.13. The van der Waals surface area contributed by atoms with Crippen LogP contribution in [0.5, 0.6) is 5.88 Å². The summed E-state index contributed by atoms with van der Waals surface area (Å²) in [5.74, 6) is 0.398. The van der Waals surface area contributed by atoms with Crippen LogP contribution in [-0.4, -0.2) is 30.2 Å². The molecule has 0 aliphatic carbocycles. The van der Waals surface area contributed by atoms with Crippen LogP contribution in [0.2, 0.25) is 0 Å². The highest BCUT2D eigenvalue weighted by molar-refractivity contribution is 5.96. The maximum atomic E-state index is 12.6. The van der Waals surface area contributed by atoms with Crippen molar-refractivity contribution in [3.05, 3.63) is 18.3 Å². The summed E-state index contributed by atoms with van der Waals surface area (Å²) < 4.78 is 10.9. The van der Waals surface area contributed by atoms with E-state index in [1.54, 1.807) is 25.4 Å². The van der Waals surface area contributed by atoms with Gasteiger partial charge in [0.25, 0.3) is 5.91 Å². The van der Waals surface area contributed by atoms with E-state index in [0.717, 1.165) is 32.1 Å². The molecule has 0 aliphatic heterocycles. The summed E-state index contributed by atoms with van der Waals surface area (Å²) in [6, 6.07) is 3.49. The minimum absolute atomic E-state index is 0.121. The highest BCUT2D eigenvalue weighted by Gasteiger charge is 2.33. The van der Waals surface area contributed by atoms with Gasteiger partial charge in [-0.05, 0) is 25.8 Å². The Morgan fingerprint density at radius 3 is 2.59 bits per heavy atom. The quantitative estimate of drug-likeness (QED) is 0.668. The molecule has 1 amide bonds. The number of ether oxygens (including phenoxy) is 2. The fraction of sp³-hybridized carbons (Fsp3) is 0.647. The monoisotopic (exact) mass is 308 g/mol. The number of nitrogens with one attached hydrogen (secondary N) is 1. The molecule has 0 aromatic carbocycles. The Morgan fingerprint density at radius 1 is 1.27 bits per heavy atom. The number of hydrogen-bond donors (Lipinski definition) is 1. The fourth-order valence-electron chi connectivity index (χ4n) is 2.13. The van der Waals surface area contributed by atoms with Gasteiger partial charge in [-0.1, -0.05) is 33.1 Å². The van der Waals surface area contributed by atoms with E-state index in [0.29, 0.717) is 18.2 Å². The number of methoxy groups -OCH3 is 1. The Balaban J connectivity index is 2.71. The average molecular weight is 308 g/mol. The number of anilines is 1. The van der Waals surface area contributed by atoms with Gasteiger partial charge in [-0.15, -0.1) is 0 Å². The molecule has 0 fully saturated rings. The molecule has 5 nitrogen and oxygen atoms in total. The Morgan fingerprint density at radius 2 is 2.05 bits per heavy atom. The van der Waals surface area contributed by atoms with Crippen LogP contribution in [-0.2, 0) is 9.53 Å². The van der Waals surface area contributed by atoms with Crippen molar-refractivity contribution in [2.24, 2.45) is 0 Å². The normalized spacial score (nSPS) is 13.5. The van der Waals surface area contributed by atoms with E-state index in [9.17, 15) is 4.79 Å². The second-order valence-corrected chi connectivity index (χ2v) is 5.58. The second kappa shape index (κ2) is 9.41. The minimum Gasteiger partial charge on any atom is -0.481 e. The summed E-state index contributed by atoms with van der Waals surface area (Å²) in [7, 11) is 1.56. The molecule has 1 rings (SSSR count). The largest absolute Gasteiger partial charge is 0.481 e. The zero-order valence-electron chi connectivity index (χ0n) is 14.1. The molecule has 1 atom stereocenters. The highest BCUT2D eigenvalue weighted by atomic mass is 16.5. The average Bonchev–Trinajstić information content (AvgIpc) is 2.54. The second-order valence-electron chi connectivity index (χ2n) is 5.58. The third-order valence-corrected chi connectivity index (χ3v) is 3.57. The molecule has 1 aromatic rings. The third kappa shape index (κ3) is 5.64. The number of nitrogens with zero attached hydrogens (tertiary/aromatic N) is 1. The molecule has 0 radical (unpaired) electrons. The van der Waals surface area contributed by atoms with Gasteiger partial charge in [0.2, 0.25) is 5.88 Å². The van der Waals surface area contributed by atoms with Crippen LogP contribution in [0, 0.1) is 0 Å². The molecule has 5 heteroatoms. The van der Waals surface area contributed by atoms with E-state index in [-0.39, 0.29) is 5.91 Å². The lowest BCUT2D eigenvalue weighted by Gasteiger charge is -2.28. The Kier molecular flexibility index (Phi) is 7.88. The summed E-state index contributed by atoms with van der Waals surface area (Å²) >= 11 is 0. The lowest BCUT2D eigenvalue weighted by Crippen LogP contribution is -2.43. The lowest BCUT2D eigenvalue weighted by atomic mass is 9.96. The molecule has 0 unspecified atom stereocenters. The van der Waals surface area contributed by atoms with Crippen molar-refractivity contribution in [2.75, 3.05) is 19.0 Å². The number of carbonyl (C=O) groups is 1. The molecule has 124 valence electrons. The van der Waals surface area contributed by atoms with Crippen LogP contribution in [0.3, 0.4) is 0 Å². The SMILES string of the molecule is CCCCC[C@](C)(OCCC)C(=O)Nc1ccc(OC)nc1. The number of amides is 1. The van der Waals surface area contributed by atoms with E-state index in [4.69, 9.17) is 9.47 Å². The van der Waals surface area contributed by atoms with Crippen LogP contribution in [0.15, 0.2) is 18.3 Å². The van der Waals surface area contributed by atoms with Gasteiger partial charge >= 0.3 is 0 Å². The Bertz CT molecular complexity index is 448. The van der Waals surface area contributed by atoms with Gasteiger partial charge in [-0.25, -0.2) is 4.98 Å². The number of carbonyl (C=O) groups excluding carboxylic acids is 1. The summed E-state index contributed by atoms with van der Waals surface area (Å²) in [6.07, 6.45) is 6.39. The third-order valence-electron chi connectivity index (χ3n) is 3.57. The summed E-state index contributed by atoms with van der Waals surface area (Å²) in [6.45, 7) is 6.63. The summed E-state index contributed by atoms with van der Waals surface area (Å²) in [5, 5.41) is 2.89. The van der Waals surface area contributed by atoms with Gasteiger partial charge in [-0.3, -0.25) is 4.79 Å². The van der Waals surface area contributed by atoms with E-state index in [2.05, 4.69) is 17.2 Å². The first-order valence-corrected chi connectivity index (χ1v) is 8.01. The molecular formula is C17H28N2O3. The van der Waals surface area contributed by atoms with Gasteiger partial charge < -0.3 is 14.8 Å². The topological polar surface area (TPSA) is 60.5 Å². The van der Waals surface area contributed by atoms with Crippen molar-refractivity contribution < 1.29 is 14.3 Å². The van der Waals surface area contributed by atoms with Gasteiger partial charge in [0.15, 0.2) is 0 Å². The number of rotatable bonds is 10. The molecule has 0 spiro atoms. The van der Waals surface area contributed by atoms with Gasteiger partial charge in [0.05, 0.1) is 19.0 Å². The van der Waals surface area contributed by atoms with Crippen LogP contribution in [0.25, 0.3) is 0 Å². The maximum absolute atomic E-state index is 12.6. The Labute approximate surface area is 133 Å². The molecule has 1 aromatic heterocycles. The highest BCUT2D eigenvalue weighted by Crippen LogP contribution is 2.23. The smallest absolute Gasteiger partial charge is 0.256 e. The zero-order valence-corrected chi connectivity index (χ0v) is 14.1. The number of unbranched alkanes of at least 4 members (excludes halogenated alkanes) is 2. The lowest BCUT2D eigenvalue weighted by molar-refractivity contribution is -0.140. The van der Waals surface area contributed by atoms with Gasteiger partial charge in [-0.2, -0.15) is 0 Å². The van der Waals surface area contributed by atoms with Crippen molar-refractivity contribution in [2.45, 2.75) is 58.5 Å². The van der Waals surface area contributed by atoms with Crippen LogP contribution < -0.4 is 10.1 Å². The van der Waals surface area contributed by atoms with E-state index < -0.39 is 5.60 Å². The predicted octanol–water partition coefficient (Wildman–Crippen LogP) is 3.79. The number of pyridine rings is 1. The predicted molar refractivity (Wildman–Crippen MR) is 88.2 cm³/mol. The van der Waals surface area contributed by atoms with Crippen LogP contribution in [0.1, 0.15) is 52.9 Å². The van der Waals surface area contributed by atoms with Crippen molar-refractivity contribution in [1.29, 1.82) is 0 Å². The molecule has 22 heavy (non-hydrogen) atoms. The van der Waals surface area contributed by atoms with Crippen molar-refractivity contribution in [3.63, 3.8) is 0 Å². The molecular weight excluding hydrogens is 280 g/mol. The first-order chi connectivity index (χ1) is 10.6. The van der Waals surface area contributed by atoms with Crippen LogP contribution in [0.4, 0.5) is 5.69 Å². The zero-order chi connectivity index (χ0) is 16.4. The molecule has 1 heterocycles. The van der Waals surface area contributed by atoms with Crippen molar-refractivity contribution >= 4 is 11.6 Å². The number of hydrogen-bond acceptors (Lipinski definition) is 4. The molecule has 1 N–H and O–H groups in total. The van der Waals surface area contributed by atoms with Crippen LogP contribution >= 0.6 is 0 Å². The summed E-state index contributed by atoms with van der Waals surface area (Å²) in [5.41, 5.74) is -0.155. The first-order valence-electron chi connectivity index (χ1n) is 8.01. The first kappa shape index (κ1) is 18.4. The van der Waals surface area contributed by atoms with E-state index in [1.165, 1.54) is 0 Å². The van der Waals surface area contributed by atoms with E-state index in [1.807, 2.05) is 13.8 Å². The van der Waals surface area contributed by atoms with Crippen molar-refractivity contribution in [1.82, 2.24) is 4.98 Å². The van der Waals surface area contributed by atoms with Gasteiger partial charge in [0, 0.05) is 12.7 Å². The molecule has 0 saturated carbocycles. The van der Waals surface area contributed by atoms with Gasteiger partial charge in [0.1, 0.15) is 5.60 Å². The molecule has 0 aliphatic rings. The maximum Gasteiger partial charge on any atom is 0.256 e. The standard InChI is InChI=1S/C17H28N2O3/c1-5-7-8-11-17(3,22-12-6-2)16(20)19-14-9-10-15(21-4)18-13-14/h9-10,13H,5-8,11-12H2,1-4H3,(H,19,20)/t17-/m0/s1. The minimum atomic E-state index is -0.800. The van der Waals surface area contributed by atoms with Crippen molar-refractivity contribution in [3.8, 4) is 5.88 Å². The van der Waals surface area contributed by atoms with E-state index >= 15 is 0 Å².